The summed E-state index contributed by atoms with van der Waals surface area (Å²) in [4.78, 5) is 26.6. The number of rotatable bonds is 5. The maximum absolute atomic E-state index is 13.7. The summed E-state index contributed by atoms with van der Waals surface area (Å²) >= 11 is 0. The Morgan fingerprint density at radius 1 is 1.11 bits per heavy atom. The van der Waals surface area contributed by atoms with Gasteiger partial charge in [-0.1, -0.05) is 24.3 Å². The van der Waals surface area contributed by atoms with Gasteiger partial charge in [-0.2, -0.15) is 0 Å². The third-order valence-electron chi connectivity index (χ3n) is 4.86. The Labute approximate surface area is 158 Å². The van der Waals surface area contributed by atoms with E-state index in [1.807, 2.05) is 24.3 Å². The Balaban J connectivity index is 1.49. The molecule has 1 heterocycles. The summed E-state index contributed by atoms with van der Waals surface area (Å²) in [5.41, 5.74) is 1.13. The Bertz CT molecular complexity index is 799. The van der Waals surface area contributed by atoms with Crippen molar-refractivity contribution in [2.24, 2.45) is 5.92 Å². The fraction of sp³-hybridized carbons (Fsp3) is 0.333. The monoisotopic (exact) mass is 370 g/mol. The third kappa shape index (κ3) is 4.84. The standard InChI is InChI=1S/C21H23FN2O3/c1-27-17-8-6-15(7-9-17)14-20(25)24-12-10-16(11-13-24)21(26)23-19-5-3-2-4-18(19)22/h2-9,16H,10-14H2,1H3,(H,23,26). The van der Waals surface area contributed by atoms with Crippen molar-refractivity contribution in [3.8, 4) is 5.75 Å². The Hall–Kier alpha value is -2.89. The molecule has 2 amide bonds. The summed E-state index contributed by atoms with van der Waals surface area (Å²) in [6.07, 6.45) is 1.49. The number of halogens is 1. The number of nitrogens with one attached hydrogen (secondary N) is 1. The minimum Gasteiger partial charge on any atom is -0.497 e. The van der Waals surface area contributed by atoms with Crippen LogP contribution in [0.1, 0.15) is 18.4 Å². The van der Waals surface area contributed by atoms with E-state index in [0.29, 0.717) is 32.4 Å². The molecule has 1 saturated heterocycles. The van der Waals surface area contributed by atoms with Crippen LogP contribution >= 0.6 is 0 Å². The lowest BCUT2D eigenvalue weighted by Crippen LogP contribution is -2.42. The number of carbonyl (C=O) groups is 2. The first-order chi connectivity index (χ1) is 13.1. The highest BCUT2D eigenvalue weighted by Crippen LogP contribution is 2.21. The summed E-state index contributed by atoms with van der Waals surface area (Å²) in [5.74, 6) is -0.0454. The van der Waals surface area contributed by atoms with E-state index < -0.39 is 5.82 Å². The van der Waals surface area contributed by atoms with Crippen LogP contribution in [0.5, 0.6) is 5.75 Å². The maximum atomic E-state index is 13.7. The number of carbonyl (C=O) groups excluding carboxylic acids is 2. The van der Waals surface area contributed by atoms with Crippen LogP contribution < -0.4 is 10.1 Å². The Morgan fingerprint density at radius 3 is 2.41 bits per heavy atom. The highest BCUT2D eigenvalue weighted by molar-refractivity contribution is 5.92. The predicted octanol–water partition coefficient (Wildman–Crippen LogP) is 3.25. The molecule has 5 nitrogen and oxygen atoms in total. The van der Waals surface area contributed by atoms with Gasteiger partial charge in [0.05, 0.1) is 19.2 Å². The van der Waals surface area contributed by atoms with Crippen molar-refractivity contribution in [1.29, 1.82) is 0 Å². The molecule has 1 N–H and O–H groups in total. The molecule has 0 bridgehead atoms. The van der Waals surface area contributed by atoms with Crippen LogP contribution in [0.4, 0.5) is 10.1 Å². The number of para-hydroxylation sites is 1. The fourth-order valence-corrected chi connectivity index (χ4v) is 3.22. The van der Waals surface area contributed by atoms with Gasteiger partial charge in [-0.15, -0.1) is 0 Å². The molecule has 1 aliphatic heterocycles. The molecule has 3 rings (SSSR count). The van der Waals surface area contributed by atoms with Crippen LogP contribution in [0.3, 0.4) is 0 Å². The van der Waals surface area contributed by atoms with Crippen LogP contribution in [0, 0.1) is 11.7 Å². The topological polar surface area (TPSA) is 58.6 Å². The van der Waals surface area contributed by atoms with Gasteiger partial charge in [0.1, 0.15) is 11.6 Å². The zero-order valence-electron chi connectivity index (χ0n) is 15.3. The molecule has 6 heteroatoms. The first kappa shape index (κ1) is 18.9. The Kier molecular flexibility index (Phi) is 6.06. The minimum atomic E-state index is -0.446. The summed E-state index contributed by atoms with van der Waals surface area (Å²) in [6.45, 7) is 1.06. The summed E-state index contributed by atoms with van der Waals surface area (Å²) in [5, 5.41) is 2.65. The quantitative estimate of drug-likeness (QED) is 0.879. The number of ether oxygens (including phenoxy) is 1. The second-order valence-corrected chi connectivity index (χ2v) is 6.65. The van der Waals surface area contributed by atoms with Crippen molar-refractivity contribution in [3.05, 3.63) is 59.9 Å². The smallest absolute Gasteiger partial charge is 0.227 e. The molecule has 0 spiro atoms. The number of likely N-dealkylation sites (tertiary alicyclic amines) is 1. The van der Waals surface area contributed by atoms with E-state index in [-0.39, 0.29) is 23.4 Å². The average molecular weight is 370 g/mol. The van der Waals surface area contributed by atoms with Crippen molar-refractivity contribution in [2.45, 2.75) is 19.3 Å². The number of methoxy groups -OCH3 is 1. The summed E-state index contributed by atoms with van der Waals surface area (Å²) < 4.78 is 18.8. The highest BCUT2D eigenvalue weighted by atomic mass is 19.1. The van der Waals surface area contributed by atoms with Gasteiger partial charge in [-0.3, -0.25) is 9.59 Å². The molecule has 27 heavy (non-hydrogen) atoms. The molecule has 0 radical (unpaired) electrons. The van der Waals surface area contributed by atoms with E-state index in [9.17, 15) is 14.0 Å². The van der Waals surface area contributed by atoms with E-state index in [2.05, 4.69) is 5.32 Å². The molecule has 0 aromatic heterocycles. The lowest BCUT2D eigenvalue weighted by molar-refractivity contribution is -0.133. The van der Waals surface area contributed by atoms with Crippen LogP contribution in [0.2, 0.25) is 0 Å². The van der Waals surface area contributed by atoms with Crippen molar-refractivity contribution >= 4 is 17.5 Å². The number of anilines is 1. The second-order valence-electron chi connectivity index (χ2n) is 6.65. The number of benzene rings is 2. The van der Waals surface area contributed by atoms with E-state index in [0.717, 1.165) is 11.3 Å². The summed E-state index contributed by atoms with van der Waals surface area (Å²) in [6, 6.07) is 13.5. The normalized spacial score (nSPS) is 14.7. The molecular formula is C21H23FN2O3. The van der Waals surface area contributed by atoms with Gasteiger partial charge < -0.3 is 15.0 Å². The van der Waals surface area contributed by atoms with Crippen LogP contribution in [-0.4, -0.2) is 36.9 Å². The van der Waals surface area contributed by atoms with E-state index >= 15 is 0 Å². The van der Waals surface area contributed by atoms with Gasteiger partial charge in [0, 0.05) is 19.0 Å². The van der Waals surface area contributed by atoms with Crippen LogP contribution in [-0.2, 0) is 16.0 Å². The summed E-state index contributed by atoms with van der Waals surface area (Å²) in [7, 11) is 1.60. The minimum absolute atomic E-state index is 0.0492. The largest absolute Gasteiger partial charge is 0.497 e. The average Bonchev–Trinajstić information content (AvgIpc) is 2.70. The Morgan fingerprint density at radius 2 is 1.78 bits per heavy atom. The van der Waals surface area contributed by atoms with Crippen LogP contribution in [0.15, 0.2) is 48.5 Å². The van der Waals surface area contributed by atoms with E-state index in [4.69, 9.17) is 4.74 Å². The van der Waals surface area contributed by atoms with Crippen LogP contribution in [0.25, 0.3) is 0 Å². The van der Waals surface area contributed by atoms with E-state index in [1.165, 1.54) is 6.07 Å². The molecule has 1 fully saturated rings. The zero-order chi connectivity index (χ0) is 19.2. The van der Waals surface area contributed by atoms with Gasteiger partial charge in [-0.25, -0.2) is 4.39 Å². The number of nitrogens with zero attached hydrogens (tertiary/aromatic N) is 1. The first-order valence-electron chi connectivity index (χ1n) is 9.03. The SMILES string of the molecule is COc1ccc(CC(=O)N2CCC(C(=O)Nc3ccccc3F)CC2)cc1. The first-order valence-corrected chi connectivity index (χ1v) is 9.03. The lowest BCUT2D eigenvalue weighted by Gasteiger charge is -2.31. The number of amides is 2. The number of hydrogen-bond acceptors (Lipinski definition) is 3. The van der Waals surface area contributed by atoms with Gasteiger partial charge in [0.15, 0.2) is 0 Å². The van der Waals surface area contributed by atoms with Gasteiger partial charge >= 0.3 is 0 Å². The third-order valence-corrected chi connectivity index (χ3v) is 4.86. The van der Waals surface area contributed by atoms with Crippen molar-refractivity contribution < 1.29 is 18.7 Å². The van der Waals surface area contributed by atoms with Crippen molar-refractivity contribution in [2.75, 3.05) is 25.5 Å². The second kappa shape index (κ2) is 8.66. The van der Waals surface area contributed by atoms with Gasteiger partial charge in [0.2, 0.25) is 11.8 Å². The van der Waals surface area contributed by atoms with Gasteiger partial charge in [0.25, 0.3) is 0 Å². The number of hydrogen-bond donors (Lipinski definition) is 1. The lowest BCUT2D eigenvalue weighted by atomic mass is 9.95. The van der Waals surface area contributed by atoms with Gasteiger partial charge in [-0.05, 0) is 42.7 Å². The van der Waals surface area contributed by atoms with Crippen molar-refractivity contribution in [1.82, 2.24) is 4.90 Å². The molecule has 0 aliphatic carbocycles. The number of piperidine rings is 1. The molecular weight excluding hydrogens is 347 g/mol. The fourth-order valence-electron chi connectivity index (χ4n) is 3.22. The zero-order valence-corrected chi connectivity index (χ0v) is 15.3. The molecule has 2 aromatic carbocycles. The molecule has 0 saturated carbocycles. The maximum Gasteiger partial charge on any atom is 0.227 e. The molecule has 0 atom stereocenters. The molecule has 1 aliphatic rings. The van der Waals surface area contributed by atoms with E-state index in [1.54, 1.807) is 30.2 Å². The highest BCUT2D eigenvalue weighted by Gasteiger charge is 2.27. The molecule has 142 valence electrons. The van der Waals surface area contributed by atoms with Crippen molar-refractivity contribution in [3.63, 3.8) is 0 Å². The molecule has 0 unspecified atom stereocenters. The predicted molar refractivity (Wildman–Crippen MR) is 101 cm³/mol. The molecule has 2 aromatic rings.